The first-order chi connectivity index (χ1) is 15.6. The number of aromatic amines is 1. The second-order valence-electron chi connectivity index (χ2n) is 8.66. The van der Waals surface area contributed by atoms with E-state index in [4.69, 9.17) is 23.2 Å². The SMILES string of the molecule is CCCCCC(O)c1ccc(C2C(Cl)CC(Cl)C2c2ccc(CCc3nnn[nH]3)cc2)s1. The van der Waals surface area contributed by atoms with Crippen LogP contribution in [0.1, 0.15) is 83.7 Å². The minimum atomic E-state index is -0.389. The third kappa shape index (κ3) is 5.53. The van der Waals surface area contributed by atoms with Gasteiger partial charge in [-0.25, -0.2) is 5.10 Å². The van der Waals surface area contributed by atoms with Crippen LogP contribution in [0.4, 0.5) is 0 Å². The number of unbranched alkanes of at least 4 members (excludes halogenated alkanes) is 2. The molecule has 5 nitrogen and oxygen atoms in total. The van der Waals surface area contributed by atoms with E-state index in [9.17, 15) is 5.11 Å². The Morgan fingerprint density at radius 1 is 1.06 bits per heavy atom. The number of benzene rings is 1. The van der Waals surface area contributed by atoms with Crippen molar-refractivity contribution < 1.29 is 5.11 Å². The molecule has 0 spiro atoms. The van der Waals surface area contributed by atoms with Gasteiger partial charge in [0.1, 0.15) is 5.82 Å². The first kappa shape index (κ1) is 23.7. The highest BCUT2D eigenvalue weighted by molar-refractivity contribution is 7.12. The number of aliphatic hydroxyl groups is 1. The van der Waals surface area contributed by atoms with E-state index in [-0.39, 0.29) is 28.7 Å². The first-order valence-corrected chi connectivity index (χ1v) is 13.1. The van der Waals surface area contributed by atoms with Crippen LogP contribution in [-0.4, -0.2) is 36.5 Å². The largest absolute Gasteiger partial charge is 0.388 e. The molecule has 1 saturated carbocycles. The molecule has 0 saturated heterocycles. The van der Waals surface area contributed by atoms with Crippen molar-refractivity contribution in [3.63, 3.8) is 0 Å². The molecule has 1 aliphatic carbocycles. The standard InChI is InChI=1S/C24H30Cl2N4OS/c1-2-3-4-5-19(31)20-11-12-21(32-20)24-18(26)14-17(25)23(24)16-9-6-15(7-10-16)8-13-22-27-29-30-28-22/h6-7,9-12,17-19,23-24,31H,2-5,8,13-14H2,1H3,(H,27,28,29,30). The molecule has 2 N–H and O–H groups in total. The van der Waals surface area contributed by atoms with Crippen molar-refractivity contribution >= 4 is 34.5 Å². The summed E-state index contributed by atoms with van der Waals surface area (Å²) >= 11 is 15.3. The number of tetrazole rings is 1. The number of halogens is 2. The van der Waals surface area contributed by atoms with E-state index in [0.717, 1.165) is 55.6 Å². The van der Waals surface area contributed by atoms with Gasteiger partial charge in [0.15, 0.2) is 0 Å². The lowest BCUT2D eigenvalue weighted by Crippen LogP contribution is -2.14. The van der Waals surface area contributed by atoms with E-state index in [1.165, 1.54) is 16.0 Å². The van der Waals surface area contributed by atoms with Crippen molar-refractivity contribution in [3.8, 4) is 0 Å². The molecule has 5 unspecified atom stereocenters. The third-order valence-corrected chi connectivity index (χ3v) is 8.59. The van der Waals surface area contributed by atoms with Gasteiger partial charge >= 0.3 is 0 Å². The topological polar surface area (TPSA) is 74.7 Å². The van der Waals surface area contributed by atoms with Crippen LogP contribution in [0, 0.1) is 0 Å². The lowest BCUT2D eigenvalue weighted by Gasteiger charge is -2.23. The molecule has 1 aliphatic rings. The smallest absolute Gasteiger partial charge is 0.148 e. The van der Waals surface area contributed by atoms with Gasteiger partial charge in [-0.15, -0.1) is 39.6 Å². The number of hydrogen-bond acceptors (Lipinski definition) is 5. The van der Waals surface area contributed by atoms with Crippen molar-refractivity contribution in [1.29, 1.82) is 0 Å². The van der Waals surface area contributed by atoms with Gasteiger partial charge in [-0.3, -0.25) is 0 Å². The second-order valence-corrected chi connectivity index (χ2v) is 10.9. The minimum Gasteiger partial charge on any atom is -0.388 e. The van der Waals surface area contributed by atoms with E-state index in [2.05, 4.69) is 63.9 Å². The maximum Gasteiger partial charge on any atom is 0.148 e. The van der Waals surface area contributed by atoms with Crippen LogP contribution in [0.2, 0.25) is 0 Å². The summed E-state index contributed by atoms with van der Waals surface area (Å²) in [4.78, 5) is 2.26. The summed E-state index contributed by atoms with van der Waals surface area (Å²) in [6, 6.07) is 12.9. The lowest BCUT2D eigenvalue weighted by molar-refractivity contribution is 0.167. The van der Waals surface area contributed by atoms with Crippen molar-refractivity contribution in [2.75, 3.05) is 0 Å². The van der Waals surface area contributed by atoms with Gasteiger partial charge < -0.3 is 5.11 Å². The fourth-order valence-corrected chi connectivity index (χ4v) is 7.03. The normalized spacial score (nSPS) is 24.1. The van der Waals surface area contributed by atoms with Gasteiger partial charge in [0.05, 0.1) is 6.10 Å². The Balaban J connectivity index is 1.47. The molecule has 2 aromatic heterocycles. The average Bonchev–Trinajstić information content (AvgIpc) is 3.53. The number of nitrogens with zero attached hydrogens (tertiary/aromatic N) is 3. The molecule has 0 bridgehead atoms. The molecule has 8 heteroatoms. The third-order valence-electron chi connectivity index (χ3n) is 6.41. The molecule has 4 rings (SSSR count). The maximum absolute atomic E-state index is 10.6. The Kier molecular flexibility index (Phi) is 8.22. The maximum atomic E-state index is 10.6. The van der Waals surface area contributed by atoms with E-state index >= 15 is 0 Å². The molecule has 1 aromatic carbocycles. The number of H-pyrrole nitrogens is 1. The van der Waals surface area contributed by atoms with E-state index in [1.807, 2.05) is 0 Å². The molecule has 0 aliphatic heterocycles. The molecular formula is C24H30Cl2N4OS. The van der Waals surface area contributed by atoms with Gasteiger partial charge in [-0.1, -0.05) is 50.5 Å². The predicted molar refractivity (Wildman–Crippen MR) is 131 cm³/mol. The predicted octanol–water partition coefficient (Wildman–Crippen LogP) is 6.15. The van der Waals surface area contributed by atoms with Gasteiger partial charge in [-0.2, -0.15) is 0 Å². The van der Waals surface area contributed by atoms with E-state index < -0.39 is 0 Å². The molecule has 3 aromatic rings. The van der Waals surface area contributed by atoms with Crippen LogP contribution >= 0.6 is 34.5 Å². The number of aromatic nitrogens is 4. The molecule has 5 atom stereocenters. The lowest BCUT2D eigenvalue weighted by atomic mass is 9.87. The zero-order valence-electron chi connectivity index (χ0n) is 18.3. The van der Waals surface area contributed by atoms with Gasteiger partial charge in [0.25, 0.3) is 0 Å². The van der Waals surface area contributed by atoms with Crippen LogP contribution in [0.15, 0.2) is 36.4 Å². The van der Waals surface area contributed by atoms with Crippen molar-refractivity contribution in [2.45, 2.75) is 80.6 Å². The number of thiophene rings is 1. The van der Waals surface area contributed by atoms with Crippen molar-refractivity contribution in [2.24, 2.45) is 0 Å². The first-order valence-electron chi connectivity index (χ1n) is 11.4. The molecule has 0 radical (unpaired) electrons. The highest BCUT2D eigenvalue weighted by Crippen LogP contribution is 2.52. The van der Waals surface area contributed by atoms with Crippen LogP contribution in [-0.2, 0) is 12.8 Å². The summed E-state index contributed by atoms with van der Waals surface area (Å²) in [5.74, 6) is 1.11. The molecule has 2 heterocycles. The zero-order valence-corrected chi connectivity index (χ0v) is 20.6. The van der Waals surface area contributed by atoms with Gasteiger partial charge in [0, 0.05) is 38.8 Å². The fourth-order valence-electron chi connectivity index (χ4n) is 4.64. The van der Waals surface area contributed by atoms with Gasteiger partial charge in [-0.05, 0) is 52.9 Å². The highest BCUT2D eigenvalue weighted by atomic mass is 35.5. The van der Waals surface area contributed by atoms with Crippen molar-refractivity contribution in [3.05, 3.63) is 63.1 Å². The summed E-state index contributed by atoms with van der Waals surface area (Å²) in [6.45, 7) is 2.18. The monoisotopic (exact) mass is 492 g/mol. The second kappa shape index (κ2) is 11.1. The molecule has 1 fully saturated rings. The number of alkyl halides is 2. The molecule has 172 valence electrons. The number of rotatable bonds is 10. The average molecular weight is 494 g/mol. The van der Waals surface area contributed by atoms with Crippen LogP contribution in [0.3, 0.4) is 0 Å². The summed E-state index contributed by atoms with van der Waals surface area (Å²) < 4.78 is 0. The Morgan fingerprint density at radius 2 is 1.84 bits per heavy atom. The van der Waals surface area contributed by atoms with E-state index in [0.29, 0.717) is 0 Å². The Bertz CT molecular complexity index is 963. The number of nitrogens with one attached hydrogen (secondary N) is 1. The van der Waals surface area contributed by atoms with Crippen LogP contribution in [0.5, 0.6) is 0 Å². The summed E-state index contributed by atoms with van der Waals surface area (Å²) in [5, 5.41) is 24.6. The van der Waals surface area contributed by atoms with Crippen LogP contribution < -0.4 is 0 Å². The Labute approximate surface area is 203 Å². The number of aryl methyl sites for hydroxylation is 2. The van der Waals surface area contributed by atoms with Gasteiger partial charge in [0.2, 0.25) is 0 Å². The molecular weight excluding hydrogens is 463 g/mol. The van der Waals surface area contributed by atoms with E-state index in [1.54, 1.807) is 11.3 Å². The van der Waals surface area contributed by atoms with Crippen LogP contribution in [0.25, 0.3) is 0 Å². The summed E-state index contributed by atoms with van der Waals surface area (Å²) in [6.07, 6.45) is 6.23. The number of hydrogen-bond donors (Lipinski definition) is 2. The Morgan fingerprint density at radius 3 is 2.56 bits per heavy atom. The minimum absolute atomic E-state index is 0.00588. The summed E-state index contributed by atoms with van der Waals surface area (Å²) in [5.41, 5.74) is 2.46. The van der Waals surface area contributed by atoms with Crippen molar-refractivity contribution in [1.82, 2.24) is 20.6 Å². The number of aliphatic hydroxyl groups excluding tert-OH is 1. The zero-order chi connectivity index (χ0) is 22.5. The Hall–Kier alpha value is -1.47. The fraction of sp³-hybridized carbons (Fsp3) is 0.542. The highest BCUT2D eigenvalue weighted by Gasteiger charge is 2.44. The molecule has 0 amide bonds. The quantitative estimate of drug-likeness (QED) is 0.263. The summed E-state index contributed by atoms with van der Waals surface area (Å²) in [7, 11) is 0. The molecule has 32 heavy (non-hydrogen) atoms.